The molecule has 0 bridgehead atoms. The van der Waals surface area contributed by atoms with Crippen molar-refractivity contribution in [2.45, 2.75) is 0 Å². The molecule has 0 aliphatic carbocycles. The Morgan fingerprint density at radius 1 is 0.500 bits per heavy atom. The van der Waals surface area contributed by atoms with E-state index in [0.717, 1.165) is 0 Å². The van der Waals surface area contributed by atoms with E-state index in [4.69, 9.17) is 0 Å². The van der Waals surface area contributed by atoms with Gasteiger partial charge in [0.25, 0.3) is 0 Å². The molecule has 0 N–H and O–H groups in total. The molecule has 0 spiro atoms. The number of nitrogens with zero attached hydrogens (tertiary/aromatic N) is 1. The first-order chi connectivity index (χ1) is 10.9. The highest BCUT2D eigenvalue weighted by Crippen LogP contribution is 2.33. The summed E-state index contributed by atoms with van der Waals surface area (Å²) in [5, 5.41) is 0. The lowest BCUT2D eigenvalue weighted by Gasteiger charge is -2.25. The Morgan fingerprint density at radius 2 is 0.727 bits per heavy atom. The first-order valence-corrected chi connectivity index (χ1v) is 14.7. The minimum atomic E-state index is 0.0417. The molecule has 4 heteroatoms. The monoisotopic (exact) mass is 427 g/mol. The molecule has 3 rings (SSSR count). The molecule has 0 atom stereocenters. The van der Waals surface area contributed by atoms with E-state index < -0.39 is 0 Å². The molecule has 0 saturated heterocycles. The highest BCUT2D eigenvalue weighted by atomic mass is 79.9. The van der Waals surface area contributed by atoms with Crippen molar-refractivity contribution in [1.82, 2.24) is 0 Å². The summed E-state index contributed by atoms with van der Waals surface area (Å²) in [6.45, 7) is 0. The first-order valence-electron chi connectivity index (χ1n) is 6.94. The van der Waals surface area contributed by atoms with Gasteiger partial charge in [-0.15, -0.1) is 0 Å². The molecule has 1 nitrogen and oxygen atoms in total. The Kier molecular flexibility index (Phi) is 8.02. The normalized spacial score (nSPS) is 9.18. The zero-order valence-electron chi connectivity index (χ0n) is 12.1. The summed E-state index contributed by atoms with van der Waals surface area (Å²) in [5.41, 5.74) is 3.50. The third-order valence-corrected chi connectivity index (χ3v) is 3.04. The van der Waals surface area contributed by atoms with E-state index >= 15 is 0 Å². The van der Waals surface area contributed by atoms with Gasteiger partial charge in [0, 0.05) is 17.1 Å². The second-order valence-corrected chi connectivity index (χ2v) is 12.5. The van der Waals surface area contributed by atoms with E-state index in [0.29, 0.717) is 0 Å². The Balaban J connectivity index is 0.000000545. The van der Waals surface area contributed by atoms with Crippen molar-refractivity contribution in [3.8, 4) is 0 Å². The number of benzene rings is 3. The van der Waals surface area contributed by atoms with Crippen LogP contribution >= 0.6 is 25.8 Å². The van der Waals surface area contributed by atoms with Crippen molar-refractivity contribution in [2.24, 2.45) is 0 Å². The highest BCUT2D eigenvalue weighted by molar-refractivity contribution is 9.47. The van der Waals surface area contributed by atoms with Gasteiger partial charge >= 0.3 is 16.0 Å². The Bertz CT molecular complexity index is 554. The summed E-state index contributed by atoms with van der Waals surface area (Å²) in [4.78, 5) is 2.25. The number of rotatable bonds is 3. The number of hydrogen-bond donors (Lipinski definition) is 0. The number of hydrogen-bond acceptors (Lipinski definition) is 1. The minimum absolute atomic E-state index is 0.0417. The van der Waals surface area contributed by atoms with Gasteiger partial charge in [-0.25, -0.2) is 0 Å². The maximum absolute atomic E-state index is 3.20. The average molecular weight is 429 g/mol. The highest BCUT2D eigenvalue weighted by Gasteiger charge is 2.10. The van der Waals surface area contributed by atoms with Crippen LogP contribution in [-0.4, -0.2) is 16.0 Å². The Hall–Kier alpha value is -0.814. The van der Waals surface area contributed by atoms with Crippen LogP contribution in [0.3, 0.4) is 0 Å². The van der Waals surface area contributed by atoms with Gasteiger partial charge in [0.2, 0.25) is 0 Å². The lowest BCUT2D eigenvalue weighted by Crippen LogP contribution is -2.09. The molecular weight excluding hydrogens is 414 g/mol. The summed E-state index contributed by atoms with van der Waals surface area (Å²) >= 11 is 6.44. The van der Waals surface area contributed by atoms with E-state index in [9.17, 15) is 0 Å². The fourth-order valence-corrected chi connectivity index (χ4v) is 2.18. The third-order valence-electron chi connectivity index (χ3n) is 3.04. The molecule has 3 aromatic carbocycles. The van der Waals surface area contributed by atoms with Crippen LogP contribution in [0.25, 0.3) is 0 Å². The standard InChI is InChI=1S/C18H15N.2BrH.Mg/c1-4-10-16(11-5-1)19(17-12-6-2-7-13-17)18-14-8-3-9-15-18;;;/h1-15H;2*1H;/q;;;+2/p-2. The third kappa shape index (κ3) is 5.13. The predicted octanol–water partition coefficient (Wildman–Crippen LogP) is 6.47. The lowest BCUT2D eigenvalue weighted by atomic mass is 10.2. The van der Waals surface area contributed by atoms with Crippen LogP contribution in [0.1, 0.15) is 0 Å². The maximum Gasteiger partial charge on any atom is 0.560 e. The Labute approximate surface area is 153 Å². The minimum Gasteiger partial charge on any atom is -0.311 e. The molecule has 22 heavy (non-hydrogen) atoms. The van der Waals surface area contributed by atoms with E-state index in [2.05, 4.69) is 103 Å². The van der Waals surface area contributed by atoms with Gasteiger partial charge in [-0.3, -0.25) is 25.8 Å². The average Bonchev–Trinajstić information content (AvgIpc) is 2.59. The smallest absolute Gasteiger partial charge is 0.311 e. The SMILES string of the molecule is [Br][Mg][Br].c1ccc(N(c2ccccc2)c2ccccc2)cc1. The Morgan fingerprint density at radius 3 is 0.955 bits per heavy atom. The van der Waals surface area contributed by atoms with Crippen LogP contribution in [0.15, 0.2) is 91.0 Å². The van der Waals surface area contributed by atoms with Crippen molar-refractivity contribution >= 4 is 58.9 Å². The quantitative estimate of drug-likeness (QED) is 0.432. The fourth-order valence-electron chi connectivity index (χ4n) is 2.18. The summed E-state index contributed by atoms with van der Waals surface area (Å²) in [7, 11) is 0. The van der Waals surface area contributed by atoms with Gasteiger partial charge in [0.15, 0.2) is 0 Å². The predicted molar refractivity (Wildman–Crippen MR) is 105 cm³/mol. The number of anilines is 3. The largest absolute Gasteiger partial charge is 0.560 e. The van der Waals surface area contributed by atoms with Gasteiger partial charge in [-0.05, 0) is 36.4 Å². The zero-order chi connectivity index (χ0) is 15.6. The molecular formula is C18H15Br2MgN. The molecule has 0 unspecified atom stereocenters. The second kappa shape index (κ2) is 10.1. The van der Waals surface area contributed by atoms with Crippen molar-refractivity contribution in [3.05, 3.63) is 91.0 Å². The topological polar surface area (TPSA) is 3.24 Å². The van der Waals surface area contributed by atoms with E-state index in [1.807, 2.05) is 18.2 Å². The lowest BCUT2D eigenvalue weighted by molar-refractivity contribution is 1.28. The van der Waals surface area contributed by atoms with Crippen LogP contribution in [-0.2, 0) is 0 Å². The van der Waals surface area contributed by atoms with E-state index in [-0.39, 0.29) is 16.0 Å². The van der Waals surface area contributed by atoms with Crippen LogP contribution in [0, 0.1) is 0 Å². The van der Waals surface area contributed by atoms with Gasteiger partial charge in [0.05, 0.1) is 0 Å². The molecule has 0 radical (unpaired) electrons. The van der Waals surface area contributed by atoms with Crippen LogP contribution in [0.4, 0.5) is 17.1 Å². The van der Waals surface area contributed by atoms with Gasteiger partial charge in [0.1, 0.15) is 0 Å². The zero-order valence-corrected chi connectivity index (χ0v) is 16.7. The molecule has 0 aliphatic rings. The van der Waals surface area contributed by atoms with E-state index in [1.165, 1.54) is 17.1 Å². The number of para-hydroxylation sites is 3. The van der Waals surface area contributed by atoms with Crippen molar-refractivity contribution in [2.75, 3.05) is 4.90 Å². The molecule has 3 aromatic rings. The summed E-state index contributed by atoms with van der Waals surface area (Å²) in [6, 6.07) is 31.3. The van der Waals surface area contributed by atoms with Gasteiger partial charge in [-0.2, -0.15) is 0 Å². The van der Waals surface area contributed by atoms with Crippen molar-refractivity contribution < 1.29 is 0 Å². The van der Waals surface area contributed by atoms with Crippen LogP contribution in [0.2, 0.25) is 0 Å². The summed E-state index contributed by atoms with van der Waals surface area (Å²) in [6.07, 6.45) is 0. The molecule has 0 fully saturated rings. The first kappa shape index (κ1) is 17.5. The summed E-state index contributed by atoms with van der Waals surface area (Å²) < 4.78 is 0. The molecule has 108 valence electrons. The van der Waals surface area contributed by atoms with Gasteiger partial charge in [-0.1, -0.05) is 54.6 Å². The molecule has 0 aliphatic heterocycles. The molecule has 0 heterocycles. The number of halogens is 2. The van der Waals surface area contributed by atoms with E-state index in [1.54, 1.807) is 0 Å². The van der Waals surface area contributed by atoms with Crippen molar-refractivity contribution in [3.63, 3.8) is 0 Å². The van der Waals surface area contributed by atoms with Crippen molar-refractivity contribution in [1.29, 1.82) is 0 Å². The maximum atomic E-state index is 3.20. The molecule has 0 saturated carbocycles. The van der Waals surface area contributed by atoms with Crippen LogP contribution < -0.4 is 4.90 Å². The molecule has 0 aromatic heterocycles. The fraction of sp³-hybridized carbons (Fsp3) is 0. The van der Waals surface area contributed by atoms with Gasteiger partial charge < -0.3 is 4.90 Å². The summed E-state index contributed by atoms with van der Waals surface area (Å²) in [5.74, 6) is 0. The molecule has 0 amide bonds. The second-order valence-electron chi connectivity index (χ2n) is 4.44. The van der Waals surface area contributed by atoms with Crippen LogP contribution in [0.5, 0.6) is 0 Å².